The molecule has 1 aromatic rings. The van der Waals surface area contributed by atoms with E-state index in [4.69, 9.17) is 0 Å². The Bertz CT molecular complexity index is 418. The van der Waals surface area contributed by atoms with Crippen LogP contribution < -0.4 is 5.32 Å². The van der Waals surface area contributed by atoms with Crippen molar-refractivity contribution >= 4 is 23.4 Å². The molecule has 0 atom stereocenters. The van der Waals surface area contributed by atoms with Crippen molar-refractivity contribution in [1.82, 2.24) is 9.88 Å². The first-order chi connectivity index (χ1) is 8.35. The highest BCUT2D eigenvalue weighted by Gasteiger charge is 2.16. The van der Waals surface area contributed by atoms with E-state index < -0.39 is 0 Å². The van der Waals surface area contributed by atoms with Crippen molar-refractivity contribution in [1.29, 1.82) is 0 Å². The van der Waals surface area contributed by atoms with Crippen molar-refractivity contribution < 1.29 is 4.79 Å². The van der Waals surface area contributed by atoms with Crippen molar-refractivity contribution in [3.05, 3.63) is 24.0 Å². The minimum absolute atomic E-state index is 0.0808. The van der Waals surface area contributed by atoms with Gasteiger partial charge >= 0.3 is 0 Å². The molecule has 1 amide bonds. The molecule has 1 aromatic heterocycles. The largest absolute Gasteiger partial charge is 0.384 e. The summed E-state index contributed by atoms with van der Waals surface area (Å²) >= 11 is 1.81. The van der Waals surface area contributed by atoms with E-state index in [0.717, 1.165) is 12.2 Å². The molecule has 1 heterocycles. The maximum Gasteiger partial charge on any atom is 0.272 e. The lowest BCUT2D eigenvalue weighted by Crippen LogP contribution is -2.26. The summed E-state index contributed by atoms with van der Waals surface area (Å²) in [5, 5.41) is 3.34. The van der Waals surface area contributed by atoms with Gasteiger partial charge in [-0.2, -0.15) is 11.8 Å². The summed E-state index contributed by atoms with van der Waals surface area (Å²) in [5.41, 5.74) is 1.39. The Morgan fingerprint density at radius 1 is 1.50 bits per heavy atom. The first-order valence-electron chi connectivity index (χ1n) is 5.82. The molecule has 0 saturated heterocycles. The molecule has 0 bridgehead atoms. The second kappa shape index (κ2) is 6.09. The van der Waals surface area contributed by atoms with Gasteiger partial charge in [0.05, 0.1) is 0 Å². The molecule has 0 aliphatic heterocycles. The lowest BCUT2D eigenvalue weighted by Gasteiger charge is -2.23. The minimum atomic E-state index is -0.0808. The third kappa shape index (κ3) is 4.22. The number of pyridine rings is 1. The molecule has 0 aliphatic carbocycles. The highest BCUT2D eigenvalue weighted by molar-refractivity contribution is 7.99. The van der Waals surface area contributed by atoms with Gasteiger partial charge in [0.1, 0.15) is 5.69 Å². The summed E-state index contributed by atoms with van der Waals surface area (Å²) in [6.45, 7) is 5.20. The van der Waals surface area contributed by atoms with E-state index in [1.165, 1.54) is 4.90 Å². The average Bonchev–Trinajstić information content (AvgIpc) is 2.36. The normalized spacial score (nSPS) is 11.2. The van der Waals surface area contributed by atoms with Gasteiger partial charge in [0, 0.05) is 37.3 Å². The molecule has 0 fully saturated rings. The van der Waals surface area contributed by atoms with Crippen LogP contribution in [0.1, 0.15) is 24.3 Å². The van der Waals surface area contributed by atoms with Gasteiger partial charge in [0.2, 0.25) is 0 Å². The van der Waals surface area contributed by atoms with E-state index in [0.29, 0.717) is 5.69 Å². The zero-order valence-corrected chi connectivity index (χ0v) is 12.5. The second-order valence-corrected chi connectivity index (χ2v) is 6.46. The van der Waals surface area contributed by atoms with Crippen LogP contribution in [0, 0.1) is 0 Å². The van der Waals surface area contributed by atoms with Crippen LogP contribution in [-0.2, 0) is 0 Å². The van der Waals surface area contributed by atoms with Gasteiger partial charge in [-0.25, -0.2) is 0 Å². The molecule has 0 saturated carbocycles. The summed E-state index contributed by atoms with van der Waals surface area (Å²) in [6, 6.07) is 3.67. The summed E-state index contributed by atoms with van der Waals surface area (Å²) in [6.07, 6.45) is 3.75. The average molecular weight is 267 g/mol. The Morgan fingerprint density at radius 2 is 2.17 bits per heavy atom. The molecule has 18 heavy (non-hydrogen) atoms. The molecule has 1 N–H and O–H groups in total. The summed E-state index contributed by atoms with van der Waals surface area (Å²) in [4.78, 5) is 17.4. The molecule has 0 unspecified atom stereocenters. The van der Waals surface area contributed by atoms with Crippen LogP contribution in [0.2, 0.25) is 0 Å². The molecular formula is C13H21N3OS. The van der Waals surface area contributed by atoms with E-state index in [2.05, 4.69) is 30.4 Å². The molecular weight excluding hydrogens is 246 g/mol. The van der Waals surface area contributed by atoms with Crippen LogP contribution in [0.15, 0.2) is 18.3 Å². The number of thioether (sulfide) groups is 1. The minimum Gasteiger partial charge on any atom is -0.384 e. The number of hydrogen-bond acceptors (Lipinski definition) is 4. The Labute approximate surface area is 113 Å². The van der Waals surface area contributed by atoms with Crippen LogP contribution >= 0.6 is 11.8 Å². The molecule has 0 radical (unpaired) electrons. The molecule has 100 valence electrons. The van der Waals surface area contributed by atoms with E-state index in [1.54, 1.807) is 26.4 Å². The van der Waals surface area contributed by atoms with Gasteiger partial charge < -0.3 is 10.2 Å². The Hall–Kier alpha value is -1.23. The number of rotatable bonds is 5. The van der Waals surface area contributed by atoms with E-state index in [-0.39, 0.29) is 10.7 Å². The monoisotopic (exact) mass is 267 g/mol. The molecule has 5 heteroatoms. The Morgan fingerprint density at radius 3 is 2.72 bits per heavy atom. The van der Waals surface area contributed by atoms with Gasteiger partial charge in [-0.1, -0.05) is 0 Å². The predicted octanol–water partition coefficient (Wildman–Crippen LogP) is 2.34. The van der Waals surface area contributed by atoms with E-state index >= 15 is 0 Å². The first-order valence-corrected chi connectivity index (χ1v) is 7.05. The Balaban J connectivity index is 2.74. The summed E-state index contributed by atoms with van der Waals surface area (Å²) in [7, 11) is 3.45. The second-order valence-electron chi connectivity index (χ2n) is 4.95. The fraction of sp³-hybridized carbons (Fsp3) is 0.538. The zero-order chi connectivity index (χ0) is 13.8. The lowest BCUT2D eigenvalue weighted by molar-refractivity contribution is 0.0822. The predicted molar refractivity (Wildman–Crippen MR) is 78.3 cm³/mol. The number of nitrogens with zero attached hydrogens (tertiary/aromatic N) is 2. The third-order valence-corrected chi connectivity index (χ3v) is 3.91. The molecule has 0 spiro atoms. The standard InChI is InChI=1S/C13H21N3OS/c1-13(2,18-5)9-15-10-6-7-14-11(8-10)12(17)16(3)4/h6-8H,9H2,1-5H3,(H,14,15). The number of aromatic nitrogens is 1. The van der Waals surface area contributed by atoms with Crippen molar-refractivity contribution in [3.63, 3.8) is 0 Å². The Kier molecular flexibility index (Phi) is 5.02. The zero-order valence-electron chi connectivity index (χ0n) is 11.7. The van der Waals surface area contributed by atoms with Gasteiger partial charge in [-0.15, -0.1) is 0 Å². The highest BCUT2D eigenvalue weighted by atomic mass is 32.2. The van der Waals surface area contributed by atoms with Crippen molar-refractivity contribution in [2.24, 2.45) is 0 Å². The van der Waals surface area contributed by atoms with E-state index in [1.807, 2.05) is 17.8 Å². The highest BCUT2D eigenvalue weighted by Crippen LogP contribution is 2.21. The van der Waals surface area contributed by atoms with Crippen molar-refractivity contribution in [3.8, 4) is 0 Å². The SMILES string of the molecule is CSC(C)(C)CNc1ccnc(C(=O)N(C)C)c1. The van der Waals surface area contributed by atoms with Gasteiger partial charge in [-0.05, 0) is 32.2 Å². The number of hydrogen-bond donors (Lipinski definition) is 1. The van der Waals surface area contributed by atoms with E-state index in [9.17, 15) is 4.79 Å². The molecule has 0 aliphatic rings. The molecule has 1 rings (SSSR count). The topological polar surface area (TPSA) is 45.2 Å². The fourth-order valence-electron chi connectivity index (χ4n) is 1.27. The lowest BCUT2D eigenvalue weighted by atomic mass is 10.2. The number of carbonyl (C=O) groups is 1. The number of nitrogens with one attached hydrogen (secondary N) is 1. The van der Waals surface area contributed by atoms with Crippen LogP contribution in [0.25, 0.3) is 0 Å². The fourth-order valence-corrected chi connectivity index (χ4v) is 1.49. The van der Waals surface area contributed by atoms with Crippen LogP contribution in [0.5, 0.6) is 0 Å². The smallest absolute Gasteiger partial charge is 0.272 e. The number of amides is 1. The van der Waals surface area contributed by atoms with Crippen LogP contribution in [0.4, 0.5) is 5.69 Å². The maximum atomic E-state index is 11.8. The van der Waals surface area contributed by atoms with Gasteiger partial charge in [0.25, 0.3) is 5.91 Å². The summed E-state index contributed by atoms with van der Waals surface area (Å²) < 4.78 is 0.162. The number of carbonyl (C=O) groups excluding carboxylic acids is 1. The van der Waals surface area contributed by atoms with Crippen molar-refractivity contribution in [2.45, 2.75) is 18.6 Å². The third-order valence-electron chi connectivity index (χ3n) is 2.66. The number of anilines is 1. The van der Waals surface area contributed by atoms with Crippen LogP contribution in [0.3, 0.4) is 0 Å². The van der Waals surface area contributed by atoms with Gasteiger partial charge in [-0.3, -0.25) is 9.78 Å². The summed E-state index contributed by atoms with van der Waals surface area (Å²) in [5.74, 6) is -0.0808. The first kappa shape index (κ1) is 14.8. The van der Waals surface area contributed by atoms with Gasteiger partial charge in [0.15, 0.2) is 0 Å². The molecule has 4 nitrogen and oxygen atoms in total. The molecule has 0 aromatic carbocycles. The maximum absolute atomic E-state index is 11.8. The van der Waals surface area contributed by atoms with Crippen LogP contribution in [-0.4, -0.2) is 47.4 Å². The van der Waals surface area contributed by atoms with Crippen molar-refractivity contribution in [2.75, 3.05) is 32.2 Å². The quantitative estimate of drug-likeness (QED) is 0.889.